The Kier molecular flexibility index (Phi) is 3.53. The van der Waals surface area contributed by atoms with E-state index in [9.17, 15) is 14.5 Å². The molecule has 0 aliphatic rings. The van der Waals surface area contributed by atoms with Gasteiger partial charge in [0.05, 0.1) is 6.04 Å². The Hall–Kier alpha value is -1.26. The zero-order valence-electron chi connectivity index (χ0n) is 7.33. The summed E-state index contributed by atoms with van der Waals surface area (Å²) in [7, 11) is 0. The van der Waals surface area contributed by atoms with Crippen LogP contribution < -0.4 is 5.32 Å². The fraction of sp³-hybridized carbons (Fsp3) is 0.714. The molecule has 0 heterocycles. The van der Waals surface area contributed by atoms with Crippen LogP contribution in [-0.4, -0.2) is 18.4 Å². The summed E-state index contributed by atoms with van der Waals surface area (Å²) in [5.41, 5.74) is -0.401. The first-order chi connectivity index (χ1) is 5.41. The minimum atomic E-state index is -1.01. The molecule has 1 atom stereocenters. The highest BCUT2D eigenvalue weighted by molar-refractivity contribution is 5.78. The third-order valence-electron chi connectivity index (χ3n) is 1.43. The van der Waals surface area contributed by atoms with E-state index in [0.717, 1.165) is 0 Å². The van der Waals surface area contributed by atoms with Gasteiger partial charge in [0.25, 0.3) is 0 Å². The van der Waals surface area contributed by atoms with Crippen LogP contribution in [0.3, 0.4) is 0 Å². The smallest absolute Gasteiger partial charge is 0.324 e. The molecule has 0 aliphatic carbocycles. The molecule has 0 aromatic rings. The van der Waals surface area contributed by atoms with E-state index in [4.69, 9.17) is 0 Å². The van der Waals surface area contributed by atoms with Crippen LogP contribution in [0.2, 0.25) is 0 Å². The Balaban J connectivity index is 4.28. The number of urea groups is 1. The molecule has 12 heavy (non-hydrogen) atoms. The van der Waals surface area contributed by atoms with Crippen LogP contribution in [0.4, 0.5) is 4.79 Å². The SMILES string of the molecule is CC(C)(C)[C@@H](C=O)NC(=O)N=O. The molecule has 0 aliphatic heterocycles. The normalized spacial score (nSPS) is 13.2. The summed E-state index contributed by atoms with van der Waals surface area (Å²) in [5.74, 6) is 0. The fourth-order valence-electron chi connectivity index (χ4n) is 0.614. The Morgan fingerprint density at radius 3 is 2.25 bits per heavy atom. The lowest BCUT2D eigenvalue weighted by atomic mass is 9.88. The van der Waals surface area contributed by atoms with Gasteiger partial charge in [-0.25, -0.2) is 4.79 Å². The highest BCUT2D eigenvalue weighted by Gasteiger charge is 2.25. The maximum Gasteiger partial charge on any atom is 0.379 e. The molecule has 2 amide bonds. The molecule has 0 rings (SSSR count). The van der Waals surface area contributed by atoms with E-state index in [1.54, 1.807) is 20.8 Å². The van der Waals surface area contributed by atoms with Crippen LogP contribution in [0.1, 0.15) is 20.8 Å². The summed E-state index contributed by atoms with van der Waals surface area (Å²) < 4.78 is 0. The third kappa shape index (κ3) is 3.23. The number of nitroso groups, excluding NO2 is 1. The van der Waals surface area contributed by atoms with Crippen LogP contribution in [0.15, 0.2) is 5.18 Å². The van der Waals surface area contributed by atoms with E-state index >= 15 is 0 Å². The number of amides is 2. The zero-order chi connectivity index (χ0) is 9.78. The predicted octanol–water partition coefficient (Wildman–Crippen LogP) is 1.08. The summed E-state index contributed by atoms with van der Waals surface area (Å²) in [6, 6.07) is -1.69. The summed E-state index contributed by atoms with van der Waals surface area (Å²) in [6.45, 7) is 5.32. The van der Waals surface area contributed by atoms with Crippen LogP contribution in [0.25, 0.3) is 0 Å². The second-order valence-electron chi connectivity index (χ2n) is 3.52. The lowest BCUT2D eigenvalue weighted by Gasteiger charge is -2.25. The number of nitrogens with one attached hydrogen (secondary N) is 1. The summed E-state index contributed by atoms with van der Waals surface area (Å²) in [4.78, 5) is 30.6. The maximum absolute atomic E-state index is 10.5. The van der Waals surface area contributed by atoms with Crippen LogP contribution >= 0.6 is 0 Å². The van der Waals surface area contributed by atoms with Crippen LogP contribution in [0, 0.1) is 10.3 Å². The van der Waals surface area contributed by atoms with Crippen molar-refractivity contribution in [3.05, 3.63) is 4.91 Å². The van der Waals surface area contributed by atoms with E-state index in [1.807, 2.05) is 0 Å². The Labute approximate surface area is 70.5 Å². The van der Waals surface area contributed by atoms with Crippen LogP contribution in [-0.2, 0) is 4.79 Å². The van der Waals surface area contributed by atoms with Crippen molar-refractivity contribution in [2.24, 2.45) is 10.6 Å². The molecule has 0 spiro atoms. The minimum Gasteiger partial charge on any atom is -0.324 e. The number of carbonyl (C=O) groups is 2. The van der Waals surface area contributed by atoms with Crippen molar-refractivity contribution in [2.45, 2.75) is 26.8 Å². The Morgan fingerprint density at radius 2 is 2.00 bits per heavy atom. The van der Waals surface area contributed by atoms with Crippen molar-refractivity contribution in [3.8, 4) is 0 Å². The molecule has 0 saturated carbocycles. The van der Waals surface area contributed by atoms with Gasteiger partial charge in [-0.1, -0.05) is 20.8 Å². The van der Waals surface area contributed by atoms with Crippen molar-refractivity contribution in [1.29, 1.82) is 0 Å². The molecule has 0 fully saturated rings. The van der Waals surface area contributed by atoms with Crippen molar-refractivity contribution >= 4 is 12.3 Å². The summed E-state index contributed by atoms with van der Waals surface area (Å²) >= 11 is 0. The predicted molar refractivity (Wildman–Crippen MR) is 43.6 cm³/mol. The lowest BCUT2D eigenvalue weighted by Crippen LogP contribution is -2.43. The molecule has 0 bridgehead atoms. The van der Waals surface area contributed by atoms with Crippen molar-refractivity contribution < 1.29 is 9.59 Å². The van der Waals surface area contributed by atoms with Gasteiger partial charge in [-0.15, -0.1) is 4.91 Å². The van der Waals surface area contributed by atoms with E-state index < -0.39 is 17.5 Å². The molecule has 0 unspecified atom stereocenters. The molecular formula is C7H12N2O3. The topological polar surface area (TPSA) is 75.6 Å². The maximum atomic E-state index is 10.5. The first kappa shape index (κ1) is 10.7. The minimum absolute atomic E-state index is 0.401. The highest BCUT2D eigenvalue weighted by atomic mass is 16.3. The number of aldehydes is 1. The van der Waals surface area contributed by atoms with Crippen LogP contribution in [0.5, 0.6) is 0 Å². The summed E-state index contributed by atoms with van der Waals surface area (Å²) in [6.07, 6.45) is 0.586. The van der Waals surface area contributed by atoms with E-state index in [0.29, 0.717) is 6.29 Å². The average molecular weight is 172 g/mol. The van der Waals surface area contributed by atoms with Gasteiger partial charge in [-0.3, -0.25) is 0 Å². The average Bonchev–Trinajstić information content (AvgIpc) is 1.97. The first-order valence-corrected chi connectivity index (χ1v) is 3.51. The number of carbonyl (C=O) groups excluding carboxylic acids is 2. The van der Waals surface area contributed by atoms with Gasteiger partial charge in [0.1, 0.15) is 6.29 Å². The molecule has 1 N–H and O–H groups in total. The monoisotopic (exact) mass is 172 g/mol. The van der Waals surface area contributed by atoms with Gasteiger partial charge in [-0.2, -0.15) is 0 Å². The van der Waals surface area contributed by atoms with Gasteiger partial charge in [0.15, 0.2) is 0 Å². The molecule has 0 aromatic heterocycles. The fourth-order valence-corrected chi connectivity index (χ4v) is 0.614. The quantitative estimate of drug-likeness (QED) is 0.500. The number of hydrogen-bond donors (Lipinski definition) is 1. The van der Waals surface area contributed by atoms with Crippen molar-refractivity contribution in [2.75, 3.05) is 0 Å². The molecular weight excluding hydrogens is 160 g/mol. The van der Waals surface area contributed by atoms with E-state index in [1.165, 1.54) is 0 Å². The van der Waals surface area contributed by atoms with Gasteiger partial charge >= 0.3 is 6.03 Å². The van der Waals surface area contributed by atoms with Gasteiger partial charge in [-0.05, 0) is 5.41 Å². The molecule has 0 aromatic carbocycles. The second kappa shape index (κ2) is 3.94. The molecule has 5 nitrogen and oxygen atoms in total. The van der Waals surface area contributed by atoms with Gasteiger partial charge < -0.3 is 10.1 Å². The Morgan fingerprint density at radius 1 is 1.50 bits per heavy atom. The second-order valence-corrected chi connectivity index (χ2v) is 3.52. The standard InChI is InChI=1S/C7H12N2O3/c1-7(2,3)5(4-10)8-6(11)9-12/h4-5H,1-3H3,(H,8,11)/t5-/m1/s1. The third-order valence-corrected chi connectivity index (χ3v) is 1.43. The number of nitrogens with zero attached hydrogens (tertiary/aromatic N) is 1. The van der Waals surface area contributed by atoms with E-state index in [-0.39, 0.29) is 0 Å². The molecule has 5 heteroatoms. The van der Waals surface area contributed by atoms with Gasteiger partial charge in [0.2, 0.25) is 0 Å². The summed E-state index contributed by atoms with van der Waals surface area (Å²) in [5, 5.41) is 4.30. The number of rotatable bonds is 2. The zero-order valence-corrected chi connectivity index (χ0v) is 7.33. The number of hydrogen-bond acceptors (Lipinski definition) is 3. The molecule has 68 valence electrons. The van der Waals surface area contributed by atoms with E-state index in [2.05, 4.69) is 10.5 Å². The Bertz CT molecular complexity index is 195. The lowest BCUT2D eigenvalue weighted by molar-refractivity contribution is -0.111. The molecule has 0 saturated heterocycles. The van der Waals surface area contributed by atoms with Crippen molar-refractivity contribution in [3.63, 3.8) is 0 Å². The van der Waals surface area contributed by atoms with Crippen molar-refractivity contribution in [1.82, 2.24) is 5.32 Å². The first-order valence-electron chi connectivity index (χ1n) is 3.51. The van der Waals surface area contributed by atoms with Gasteiger partial charge in [0, 0.05) is 5.18 Å². The largest absolute Gasteiger partial charge is 0.379 e. The molecule has 0 radical (unpaired) electrons. The highest BCUT2D eigenvalue weighted by Crippen LogP contribution is 2.17.